The molecule has 0 saturated heterocycles. The Morgan fingerprint density at radius 1 is 1.31 bits per heavy atom. The molecule has 1 aromatic carbocycles. The van der Waals surface area contributed by atoms with Crippen molar-refractivity contribution < 1.29 is 43.8 Å². The van der Waals surface area contributed by atoms with Gasteiger partial charge in [-0.05, 0) is 0 Å². The number of halogens is 3. The predicted octanol–water partition coefficient (Wildman–Crippen LogP) is 2.67. The SMILES string of the molecule is FC(F)(F)Oc1c[c-]c(S)cc1.[Sc]. The number of ether oxygens (including phenoxy) is 1. The molecule has 0 N–H and O–H groups in total. The summed E-state index contributed by atoms with van der Waals surface area (Å²) in [6.45, 7) is 0. The van der Waals surface area contributed by atoms with Crippen LogP contribution in [0.5, 0.6) is 5.75 Å². The van der Waals surface area contributed by atoms with Gasteiger partial charge in [0.05, 0.1) is 0 Å². The van der Waals surface area contributed by atoms with Gasteiger partial charge in [-0.25, -0.2) is 0 Å². The first-order valence-corrected chi connectivity index (χ1v) is 3.38. The molecule has 0 amide bonds. The summed E-state index contributed by atoms with van der Waals surface area (Å²) in [6, 6.07) is 6.08. The first-order chi connectivity index (χ1) is 5.47. The van der Waals surface area contributed by atoms with E-state index in [-0.39, 0.29) is 31.6 Å². The van der Waals surface area contributed by atoms with Gasteiger partial charge in [0.1, 0.15) is 0 Å². The molecule has 0 unspecified atom stereocenters. The molecular weight excluding hydrogens is 234 g/mol. The van der Waals surface area contributed by atoms with Crippen molar-refractivity contribution in [2.75, 3.05) is 0 Å². The Bertz CT molecular complexity index is 259. The molecule has 0 heterocycles. The molecule has 6 heteroatoms. The Morgan fingerprint density at radius 3 is 2.31 bits per heavy atom. The quantitative estimate of drug-likeness (QED) is 0.584. The largest absolute Gasteiger partial charge is 0.561 e. The Kier molecular flexibility index (Phi) is 5.06. The second-order valence-corrected chi connectivity index (χ2v) is 2.44. The van der Waals surface area contributed by atoms with Gasteiger partial charge < -0.3 is 4.74 Å². The maximum absolute atomic E-state index is 11.6. The first kappa shape index (κ1) is 13.0. The minimum absolute atomic E-state index is 0. The maximum Gasteiger partial charge on any atom is 0.561 e. The molecule has 1 nitrogen and oxygen atoms in total. The zero-order valence-corrected chi connectivity index (χ0v) is 9.00. The predicted molar refractivity (Wildman–Crippen MR) is 39.2 cm³/mol. The van der Waals surface area contributed by atoms with Crippen LogP contribution in [0.1, 0.15) is 0 Å². The Morgan fingerprint density at radius 2 is 1.92 bits per heavy atom. The van der Waals surface area contributed by atoms with Crippen LogP contribution in [0.2, 0.25) is 0 Å². The van der Waals surface area contributed by atoms with Gasteiger partial charge in [0.15, 0.2) is 0 Å². The van der Waals surface area contributed by atoms with Crippen LogP contribution in [0.15, 0.2) is 23.1 Å². The molecule has 0 atom stereocenters. The molecule has 1 rings (SSSR count). The molecule has 0 aliphatic rings. The summed E-state index contributed by atoms with van der Waals surface area (Å²) in [5.41, 5.74) is 0. The van der Waals surface area contributed by atoms with Gasteiger partial charge in [-0.3, -0.25) is 0 Å². The van der Waals surface area contributed by atoms with Gasteiger partial charge in [0.25, 0.3) is 0 Å². The van der Waals surface area contributed by atoms with Gasteiger partial charge in [-0.15, -0.1) is 30.2 Å². The summed E-state index contributed by atoms with van der Waals surface area (Å²) in [5, 5.41) is 0. The van der Waals surface area contributed by atoms with Crippen molar-refractivity contribution in [3.05, 3.63) is 24.3 Å². The van der Waals surface area contributed by atoms with Crippen LogP contribution >= 0.6 is 12.6 Å². The van der Waals surface area contributed by atoms with E-state index in [4.69, 9.17) is 0 Å². The molecule has 69 valence electrons. The molecular formula is C7H4F3OSSc-. The number of thiol groups is 1. The molecule has 13 heavy (non-hydrogen) atoms. The van der Waals surface area contributed by atoms with E-state index in [1.807, 2.05) is 0 Å². The summed E-state index contributed by atoms with van der Waals surface area (Å²) in [7, 11) is 0. The fourth-order valence-corrected chi connectivity index (χ4v) is 0.739. The van der Waals surface area contributed by atoms with Crippen LogP contribution in [0.4, 0.5) is 13.2 Å². The van der Waals surface area contributed by atoms with Crippen molar-refractivity contribution in [2.45, 2.75) is 11.3 Å². The number of hydrogen-bond acceptors (Lipinski definition) is 2. The number of benzene rings is 1. The molecule has 0 bridgehead atoms. The van der Waals surface area contributed by atoms with Crippen molar-refractivity contribution >= 4 is 12.6 Å². The van der Waals surface area contributed by atoms with Gasteiger partial charge in [0.2, 0.25) is 0 Å². The molecule has 0 aromatic heterocycles. The topological polar surface area (TPSA) is 9.23 Å². The van der Waals surface area contributed by atoms with Crippen LogP contribution in [-0.4, -0.2) is 6.36 Å². The zero-order valence-electron chi connectivity index (χ0n) is 6.30. The second-order valence-electron chi connectivity index (χ2n) is 1.96. The van der Waals surface area contributed by atoms with Crippen molar-refractivity contribution in [1.82, 2.24) is 0 Å². The summed E-state index contributed by atoms with van der Waals surface area (Å²) >= 11 is 3.85. The molecule has 0 saturated carbocycles. The van der Waals surface area contributed by atoms with E-state index in [9.17, 15) is 13.2 Å². The average molecular weight is 238 g/mol. The van der Waals surface area contributed by atoms with Crippen LogP contribution in [-0.2, 0) is 25.8 Å². The normalized spacial score (nSPS) is 10.5. The van der Waals surface area contributed by atoms with E-state index in [1.54, 1.807) is 0 Å². The molecule has 1 radical (unpaired) electrons. The third-order valence-electron chi connectivity index (χ3n) is 1.00. The number of alkyl halides is 3. The van der Waals surface area contributed by atoms with Crippen LogP contribution in [0, 0.1) is 6.07 Å². The fourth-order valence-electron chi connectivity index (χ4n) is 0.599. The van der Waals surface area contributed by atoms with E-state index in [0.29, 0.717) is 4.90 Å². The third-order valence-corrected chi connectivity index (χ3v) is 1.28. The van der Waals surface area contributed by atoms with Gasteiger partial charge in [-0.2, -0.15) is 24.8 Å². The molecule has 0 aliphatic carbocycles. The summed E-state index contributed by atoms with van der Waals surface area (Å²) in [5.74, 6) is -0.291. The maximum atomic E-state index is 11.6. The van der Waals surface area contributed by atoms with Crippen molar-refractivity contribution in [2.24, 2.45) is 0 Å². The summed E-state index contributed by atoms with van der Waals surface area (Å²) < 4.78 is 38.4. The van der Waals surface area contributed by atoms with Crippen molar-refractivity contribution in [1.29, 1.82) is 0 Å². The third kappa shape index (κ3) is 5.36. The monoisotopic (exact) mass is 238 g/mol. The molecule has 0 fully saturated rings. The number of hydrogen-bond donors (Lipinski definition) is 1. The van der Waals surface area contributed by atoms with E-state index < -0.39 is 6.36 Å². The molecule has 1 aromatic rings. The minimum atomic E-state index is -4.65. The van der Waals surface area contributed by atoms with E-state index in [0.717, 1.165) is 6.07 Å². The summed E-state index contributed by atoms with van der Waals surface area (Å²) in [4.78, 5) is 0.463. The standard InChI is InChI=1S/C7H4F3OS.Sc/c8-7(9,10)11-5-1-3-6(12)4-2-5;/h1-3,12H;/q-1;. The van der Waals surface area contributed by atoms with Crippen LogP contribution in [0.25, 0.3) is 0 Å². The molecule has 0 aliphatic heterocycles. The van der Waals surface area contributed by atoms with E-state index in [2.05, 4.69) is 23.4 Å². The smallest absolute Gasteiger partial charge is 0.470 e. The second kappa shape index (κ2) is 5.05. The Labute approximate surface area is 97.5 Å². The van der Waals surface area contributed by atoms with Gasteiger partial charge >= 0.3 is 6.36 Å². The van der Waals surface area contributed by atoms with Gasteiger partial charge in [0, 0.05) is 31.6 Å². The van der Waals surface area contributed by atoms with Crippen molar-refractivity contribution in [3.63, 3.8) is 0 Å². The molecule has 0 spiro atoms. The van der Waals surface area contributed by atoms with Crippen LogP contribution in [0.3, 0.4) is 0 Å². The fraction of sp³-hybridized carbons (Fsp3) is 0.143. The Hall–Kier alpha value is 0.0301. The van der Waals surface area contributed by atoms with Crippen molar-refractivity contribution in [3.8, 4) is 5.75 Å². The van der Waals surface area contributed by atoms with Gasteiger partial charge in [-0.1, -0.05) is 0 Å². The Balaban J connectivity index is 0.00000144. The average Bonchev–Trinajstić information content (AvgIpc) is 1.91. The van der Waals surface area contributed by atoms with E-state index in [1.165, 1.54) is 12.1 Å². The van der Waals surface area contributed by atoms with E-state index >= 15 is 0 Å². The zero-order chi connectivity index (χ0) is 9.19. The minimum Gasteiger partial charge on any atom is -0.470 e. The summed E-state index contributed by atoms with van der Waals surface area (Å²) in [6.07, 6.45) is -4.65. The van der Waals surface area contributed by atoms with Crippen LogP contribution < -0.4 is 4.74 Å². The first-order valence-electron chi connectivity index (χ1n) is 2.94. The number of rotatable bonds is 1.